The summed E-state index contributed by atoms with van der Waals surface area (Å²) in [4.78, 5) is 12.3. The Morgan fingerprint density at radius 3 is 2.23 bits per heavy atom. The molecular weight excluding hydrogens is 436 g/mol. The van der Waals surface area contributed by atoms with Crippen molar-refractivity contribution in [2.24, 2.45) is 5.92 Å². The van der Waals surface area contributed by atoms with Gasteiger partial charge in [-0.05, 0) is 86.1 Å². The van der Waals surface area contributed by atoms with E-state index in [0.29, 0.717) is 13.0 Å². The fourth-order valence-corrected chi connectivity index (χ4v) is 4.52. The molecule has 3 rings (SSSR count). The number of hydrogen-bond acceptors (Lipinski definition) is 4. The predicted molar refractivity (Wildman–Crippen MR) is 143 cm³/mol. The maximum atomic E-state index is 12.3. The van der Waals surface area contributed by atoms with Crippen molar-refractivity contribution in [1.29, 1.82) is 0 Å². The van der Waals surface area contributed by atoms with Gasteiger partial charge in [0.2, 0.25) is 0 Å². The van der Waals surface area contributed by atoms with Gasteiger partial charge in [-0.25, -0.2) is 0 Å². The van der Waals surface area contributed by atoms with E-state index in [1.807, 2.05) is 18.2 Å². The summed E-state index contributed by atoms with van der Waals surface area (Å²) in [5, 5.41) is 0. The largest absolute Gasteiger partial charge is 0.494 e. The summed E-state index contributed by atoms with van der Waals surface area (Å²) in [6.07, 6.45) is 11.7. The summed E-state index contributed by atoms with van der Waals surface area (Å²) >= 11 is 0. The van der Waals surface area contributed by atoms with Crippen LogP contribution in [0.1, 0.15) is 70.3 Å². The molecule has 0 saturated heterocycles. The van der Waals surface area contributed by atoms with Crippen molar-refractivity contribution in [3.8, 4) is 16.9 Å². The number of unbranched alkanes of at least 4 members (excludes halogenated alkanes) is 1. The predicted octanol–water partition coefficient (Wildman–Crippen LogP) is 7.55. The molecule has 2 aromatic rings. The van der Waals surface area contributed by atoms with Crippen molar-refractivity contribution < 1.29 is 19.0 Å². The zero-order valence-corrected chi connectivity index (χ0v) is 21.4. The average molecular weight is 479 g/mol. The number of hydrogen-bond donors (Lipinski definition) is 0. The molecule has 0 radical (unpaired) electrons. The minimum atomic E-state index is -0.0650. The monoisotopic (exact) mass is 478 g/mol. The molecule has 1 saturated carbocycles. The molecule has 0 aromatic heterocycles. The molecule has 0 bridgehead atoms. The van der Waals surface area contributed by atoms with Crippen molar-refractivity contribution in [3.05, 3.63) is 66.7 Å². The Kier molecular flexibility index (Phi) is 11.9. The van der Waals surface area contributed by atoms with Crippen LogP contribution < -0.4 is 4.74 Å². The third-order valence-corrected chi connectivity index (χ3v) is 6.85. The first kappa shape index (κ1) is 27.0. The van der Waals surface area contributed by atoms with E-state index in [1.165, 1.54) is 19.3 Å². The first-order valence-corrected chi connectivity index (χ1v) is 13.4. The second-order valence-corrected chi connectivity index (χ2v) is 9.51. The van der Waals surface area contributed by atoms with Crippen LogP contribution in [0.3, 0.4) is 0 Å². The van der Waals surface area contributed by atoms with Gasteiger partial charge in [0.15, 0.2) is 0 Å². The van der Waals surface area contributed by atoms with E-state index < -0.39 is 0 Å². The third kappa shape index (κ3) is 9.89. The molecule has 4 heteroatoms. The molecule has 1 fully saturated rings. The molecule has 0 aliphatic heterocycles. The number of aryl methyl sites for hydroxylation is 1. The molecule has 0 atom stereocenters. The van der Waals surface area contributed by atoms with Gasteiger partial charge in [-0.3, -0.25) is 4.79 Å². The van der Waals surface area contributed by atoms with Crippen LogP contribution >= 0.6 is 0 Å². The van der Waals surface area contributed by atoms with E-state index in [1.54, 1.807) is 0 Å². The highest BCUT2D eigenvalue weighted by Crippen LogP contribution is 2.28. The van der Waals surface area contributed by atoms with Gasteiger partial charge in [0.25, 0.3) is 0 Å². The first-order valence-electron chi connectivity index (χ1n) is 13.4. The molecule has 190 valence electrons. The van der Waals surface area contributed by atoms with Crippen LogP contribution in [-0.4, -0.2) is 31.9 Å². The van der Waals surface area contributed by atoms with Crippen LogP contribution in [0.15, 0.2) is 61.2 Å². The van der Waals surface area contributed by atoms with E-state index >= 15 is 0 Å². The van der Waals surface area contributed by atoms with Gasteiger partial charge >= 0.3 is 5.97 Å². The van der Waals surface area contributed by atoms with Crippen LogP contribution in [0.2, 0.25) is 0 Å². The SMILES string of the molecule is C=CCCOCCCCOc1ccc(-c2ccc(CCC(=O)OC3CCC(CC)CC3)cc2)cc1. The number of rotatable bonds is 15. The van der Waals surface area contributed by atoms with Gasteiger partial charge in [0.05, 0.1) is 6.61 Å². The summed E-state index contributed by atoms with van der Waals surface area (Å²) in [5.41, 5.74) is 3.47. The molecule has 0 spiro atoms. The Bertz CT molecular complexity index is 864. The molecule has 2 aromatic carbocycles. The second kappa shape index (κ2) is 15.4. The average Bonchev–Trinajstić information content (AvgIpc) is 2.90. The Hall–Kier alpha value is -2.59. The van der Waals surface area contributed by atoms with E-state index in [0.717, 1.165) is 80.1 Å². The summed E-state index contributed by atoms with van der Waals surface area (Å²) < 4.78 is 17.1. The normalized spacial score (nSPS) is 17.6. The lowest BCUT2D eigenvalue weighted by molar-refractivity contribution is -0.150. The third-order valence-electron chi connectivity index (χ3n) is 6.85. The molecule has 1 aliphatic carbocycles. The lowest BCUT2D eigenvalue weighted by Crippen LogP contribution is -2.24. The highest BCUT2D eigenvalue weighted by Gasteiger charge is 2.22. The number of carbonyl (C=O) groups excluding carboxylic acids is 1. The Labute approximate surface area is 211 Å². The van der Waals surface area contributed by atoms with Crippen LogP contribution in [0.4, 0.5) is 0 Å². The van der Waals surface area contributed by atoms with Gasteiger partial charge in [0, 0.05) is 19.6 Å². The Morgan fingerprint density at radius 2 is 1.57 bits per heavy atom. The number of carbonyl (C=O) groups is 1. The maximum absolute atomic E-state index is 12.3. The molecule has 0 N–H and O–H groups in total. The number of esters is 1. The van der Waals surface area contributed by atoms with Gasteiger partial charge in [-0.1, -0.05) is 55.8 Å². The van der Waals surface area contributed by atoms with Crippen LogP contribution in [0.25, 0.3) is 11.1 Å². The minimum absolute atomic E-state index is 0.0650. The highest BCUT2D eigenvalue weighted by atomic mass is 16.5. The molecule has 35 heavy (non-hydrogen) atoms. The Balaban J connectivity index is 1.34. The Morgan fingerprint density at radius 1 is 0.914 bits per heavy atom. The zero-order chi connectivity index (χ0) is 24.7. The summed E-state index contributed by atoms with van der Waals surface area (Å²) in [7, 11) is 0. The van der Waals surface area contributed by atoms with Gasteiger partial charge in [0.1, 0.15) is 11.9 Å². The van der Waals surface area contributed by atoms with Gasteiger partial charge < -0.3 is 14.2 Å². The van der Waals surface area contributed by atoms with Crippen molar-refractivity contribution in [2.45, 2.75) is 77.2 Å². The maximum Gasteiger partial charge on any atom is 0.306 e. The topological polar surface area (TPSA) is 44.8 Å². The van der Waals surface area contributed by atoms with Crippen molar-refractivity contribution in [2.75, 3.05) is 19.8 Å². The van der Waals surface area contributed by atoms with Crippen molar-refractivity contribution in [3.63, 3.8) is 0 Å². The second-order valence-electron chi connectivity index (χ2n) is 9.51. The van der Waals surface area contributed by atoms with E-state index in [4.69, 9.17) is 14.2 Å². The number of ether oxygens (including phenoxy) is 3. The summed E-state index contributed by atoms with van der Waals surface area (Å²) in [6.45, 7) is 8.15. The first-order chi connectivity index (χ1) is 17.2. The zero-order valence-electron chi connectivity index (χ0n) is 21.4. The molecule has 4 nitrogen and oxygen atoms in total. The molecule has 0 heterocycles. The minimum Gasteiger partial charge on any atom is -0.494 e. The van der Waals surface area contributed by atoms with Crippen LogP contribution in [0, 0.1) is 5.92 Å². The highest BCUT2D eigenvalue weighted by molar-refractivity contribution is 5.70. The van der Waals surface area contributed by atoms with E-state index in [-0.39, 0.29) is 12.1 Å². The number of benzene rings is 2. The summed E-state index contributed by atoms with van der Waals surface area (Å²) in [6, 6.07) is 16.7. The van der Waals surface area contributed by atoms with Crippen molar-refractivity contribution >= 4 is 5.97 Å². The smallest absolute Gasteiger partial charge is 0.306 e. The van der Waals surface area contributed by atoms with Gasteiger partial charge in [-0.2, -0.15) is 0 Å². The molecule has 1 aliphatic rings. The van der Waals surface area contributed by atoms with Crippen LogP contribution in [0.5, 0.6) is 5.75 Å². The van der Waals surface area contributed by atoms with Gasteiger partial charge in [-0.15, -0.1) is 6.58 Å². The molecular formula is C31H42O4. The fourth-order valence-electron chi connectivity index (χ4n) is 4.52. The van der Waals surface area contributed by atoms with Crippen LogP contribution in [-0.2, 0) is 20.7 Å². The standard InChI is InChI=1S/C31H42O4/c1-3-5-22-33-23-6-7-24-34-29-19-15-28(16-20-29)27-13-8-26(9-14-27)12-21-31(32)35-30-17-10-25(4-2)11-18-30/h3,8-9,13-16,19-20,25,30H,1,4-7,10-12,17-18,21-24H2,2H3. The van der Waals surface area contributed by atoms with Crippen molar-refractivity contribution in [1.82, 2.24) is 0 Å². The lowest BCUT2D eigenvalue weighted by Gasteiger charge is -2.27. The summed E-state index contributed by atoms with van der Waals surface area (Å²) in [5.74, 6) is 1.64. The van der Waals surface area contributed by atoms with E-state index in [2.05, 4.69) is 49.9 Å². The molecule has 0 unspecified atom stereocenters. The van der Waals surface area contributed by atoms with E-state index in [9.17, 15) is 4.79 Å². The fraction of sp³-hybridized carbons (Fsp3) is 0.516. The molecule has 0 amide bonds. The quantitative estimate of drug-likeness (QED) is 0.151. The lowest BCUT2D eigenvalue weighted by atomic mass is 9.86.